The first kappa shape index (κ1) is 12.0. The van der Waals surface area contributed by atoms with Crippen LogP contribution < -0.4 is 0 Å². The fourth-order valence-corrected chi connectivity index (χ4v) is 1.08. The molecule has 0 aromatic heterocycles. The lowest BCUT2D eigenvalue weighted by atomic mass is 10.2. The van der Waals surface area contributed by atoms with E-state index in [0.717, 1.165) is 0 Å². The van der Waals surface area contributed by atoms with Gasteiger partial charge in [0.2, 0.25) is 0 Å². The van der Waals surface area contributed by atoms with Gasteiger partial charge in [-0.3, -0.25) is 4.52 Å². The van der Waals surface area contributed by atoms with Crippen molar-refractivity contribution in [2.24, 2.45) is 0 Å². The molecule has 0 unspecified atom stereocenters. The largest absolute Gasteiger partial charge is 0.470 e. The summed E-state index contributed by atoms with van der Waals surface area (Å²) < 4.78 is 14.1. The second-order valence-corrected chi connectivity index (χ2v) is 3.26. The second-order valence-electron chi connectivity index (χ2n) is 2.07. The molecule has 2 atom stereocenters. The molecule has 0 fully saturated rings. The Morgan fingerprint density at radius 3 is 2.00 bits per heavy atom. The lowest BCUT2D eigenvalue weighted by Crippen LogP contribution is -2.34. The van der Waals surface area contributed by atoms with Gasteiger partial charge in [0.05, 0.1) is 13.2 Å². The van der Waals surface area contributed by atoms with E-state index in [2.05, 4.69) is 4.52 Å². The molecule has 0 heterocycles. The summed E-state index contributed by atoms with van der Waals surface area (Å²) in [6.07, 6.45) is -2.99. The molecule has 0 aliphatic carbocycles. The van der Waals surface area contributed by atoms with Gasteiger partial charge in [0.25, 0.3) is 0 Å². The highest BCUT2D eigenvalue weighted by atomic mass is 31.2. The number of aliphatic hydroxyl groups excluding tert-OH is 3. The SMILES string of the molecule is O=P(O)(O)O[C@H](CO)[C@H](O)CO. The molecule has 0 saturated heterocycles. The highest BCUT2D eigenvalue weighted by Crippen LogP contribution is 2.37. The molecule has 0 aromatic rings. The minimum Gasteiger partial charge on any atom is -0.394 e. The molecule has 0 rings (SSSR count). The van der Waals surface area contributed by atoms with Crippen molar-refractivity contribution in [1.82, 2.24) is 0 Å². The molecule has 0 bridgehead atoms. The standard InChI is InChI=1S/C4H11O7P/c5-1-3(7)4(2-6)11-12(8,9)10/h3-7H,1-2H2,(H2,8,9,10)/t3-,4-/m1/s1. The molecule has 0 aromatic carbocycles. The summed E-state index contributed by atoms with van der Waals surface area (Å²) in [7, 11) is -4.74. The van der Waals surface area contributed by atoms with E-state index in [1.54, 1.807) is 0 Å². The molecule has 5 N–H and O–H groups in total. The Morgan fingerprint density at radius 2 is 1.75 bits per heavy atom. The fraction of sp³-hybridized carbons (Fsp3) is 1.00. The Bertz CT molecular complexity index is 165. The van der Waals surface area contributed by atoms with Crippen LogP contribution in [0.2, 0.25) is 0 Å². The van der Waals surface area contributed by atoms with E-state index < -0.39 is 33.2 Å². The van der Waals surface area contributed by atoms with Gasteiger partial charge in [-0.2, -0.15) is 0 Å². The Labute approximate surface area is 68.5 Å². The summed E-state index contributed by atoms with van der Waals surface area (Å²) in [6, 6.07) is 0. The first-order valence-corrected chi connectivity index (χ1v) is 4.57. The summed E-state index contributed by atoms with van der Waals surface area (Å²) in [6.45, 7) is -1.53. The van der Waals surface area contributed by atoms with E-state index in [-0.39, 0.29) is 0 Å². The van der Waals surface area contributed by atoms with Crippen LogP contribution in [-0.2, 0) is 9.09 Å². The van der Waals surface area contributed by atoms with Crippen LogP contribution in [0.4, 0.5) is 0 Å². The molecule has 0 radical (unpaired) electrons. The van der Waals surface area contributed by atoms with Crippen molar-refractivity contribution in [2.45, 2.75) is 12.2 Å². The zero-order valence-electron chi connectivity index (χ0n) is 6.07. The quantitative estimate of drug-likeness (QED) is 0.320. The third-order valence-corrected chi connectivity index (χ3v) is 1.61. The molecule has 12 heavy (non-hydrogen) atoms. The Morgan fingerprint density at radius 1 is 1.25 bits per heavy atom. The monoisotopic (exact) mass is 202 g/mol. The van der Waals surface area contributed by atoms with Crippen molar-refractivity contribution in [3.05, 3.63) is 0 Å². The van der Waals surface area contributed by atoms with E-state index in [1.165, 1.54) is 0 Å². The van der Waals surface area contributed by atoms with Gasteiger partial charge in [0.15, 0.2) is 0 Å². The lowest BCUT2D eigenvalue weighted by Gasteiger charge is -2.19. The maximum Gasteiger partial charge on any atom is 0.470 e. The number of rotatable bonds is 5. The number of hydrogen-bond acceptors (Lipinski definition) is 5. The van der Waals surface area contributed by atoms with Gasteiger partial charge in [-0.1, -0.05) is 0 Å². The first-order chi connectivity index (χ1) is 5.40. The maximum atomic E-state index is 10.2. The molecule has 0 amide bonds. The third kappa shape index (κ3) is 4.78. The predicted molar refractivity (Wildman–Crippen MR) is 37.1 cm³/mol. The van der Waals surface area contributed by atoms with Crippen LogP contribution in [0.5, 0.6) is 0 Å². The smallest absolute Gasteiger partial charge is 0.394 e. The van der Waals surface area contributed by atoms with Crippen LogP contribution in [0.1, 0.15) is 0 Å². The van der Waals surface area contributed by atoms with Crippen molar-refractivity contribution >= 4 is 7.82 Å². The van der Waals surface area contributed by atoms with Crippen LogP contribution in [0, 0.1) is 0 Å². The van der Waals surface area contributed by atoms with Crippen molar-refractivity contribution < 1.29 is 34.2 Å². The summed E-state index contributed by atoms with van der Waals surface area (Å²) in [5.41, 5.74) is 0. The average Bonchev–Trinajstić information content (AvgIpc) is 1.97. The van der Waals surface area contributed by atoms with E-state index in [4.69, 9.17) is 25.1 Å². The molecule has 0 aliphatic heterocycles. The van der Waals surface area contributed by atoms with Crippen LogP contribution in [-0.4, -0.2) is 50.5 Å². The highest BCUT2D eigenvalue weighted by Gasteiger charge is 2.27. The fourth-order valence-electron chi connectivity index (χ4n) is 0.519. The highest BCUT2D eigenvalue weighted by molar-refractivity contribution is 7.46. The molecule has 0 aliphatic rings. The Hall–Kier alpha value is -0.0100. The van der Waals surface area contributed by atoms with Gasteiger partial charge >= 0.3 is 7.82 Å². The summed E-state index contributed by atoms with van der Waals surface area (Å²) in [5.74, 6) is 0. The summed E-state index contributed by atoms with van der Waals surface area (Å²) >= 11 is 0. The number of phosphoric ester groups is 1. The molecule has 8 heteroatoms. The topological polar surface area (TPSA) is 127 Å². The van der Waals surface area contributed by atoms with Gasteiger partial charge in [-0.15, -0.1) is 0 Å². The third-order valence-electron chi connectivity index (χ3n) is 1.07. The molecule has 0 spiro atoms. The Balaban J connectivity index is 4.09. The van der Waals surface area contributed by atoms with Gasteiger partial charge in [0.1, 0.15) is 12.2 Å². The lowest BCUT2D eigenvalue weighted by molar-refractivity contribution is -0.0370. The summed E-state index contributed by atoms with van der Waals surface area (Å²) in [5, 5.41) is 25.6. The Kier molecular flexibility index (Phi) is 4.88. The van der Waals surface area contributed by atoms with E-state index in [9.17, 15) is 4.57 Å². The normalized spacial score (nSPS) is 17.4. The number of hydrogen-bond donors (Lipinski definition) is 5. The van der Waals surface area contributed by atoms with Crippen molar-refractivity contribution in [1.29, 1.82) is 0 Å². The molecule has 7 nitrogen and oxygen atoms in total. The van der Waals surface area contributed by atoms with E-state index in [0.29, 0.717) is 0 Å². The number of aliphatic hydroxyl groups is 3. The number of phosphoric acid groups is 1. The maximum absolute atomic E-state index is 10.2. The predicted octanol–water partition coefficient (Wildman–Crippen LogP) is -2.19. The zero-order chi connectivity index (χ0) is 9.78. The zero-order valence-corrected chi connectivity index (χ0v) is 6.96. The van der Waals surface area contributed by atoms with Gasteiger partial charge in [-0.05, 0) is 0 Å². The van der Waals surface area contributed by atoms with Crippen LogP contribution in [0.15, 0.2) is 0 Å². The minimum atomic E-state index is -4.74. The molecular weight excluding hydrogens is 191 g/mol. The van der Waals surface area contributed by atoms with Crippen molar-refractivity contribution in [3.63, 3.8) is 0 Å². The van der Waals surface area contributed by atoms with Crippen LogP contribution in [0.25, 0.3) is 0 Å². The van der Waals surface area contributed by atoms with E-state index in [1.807, 2.05) is 0 Å². The van der Waals surface area contributed by atoms with Crippen molar-refractivity contribution in [3.8, 4) is 0 Å². The van der Waals surface area contributed by atoms with E-state index >= 15 is 0 Å². The van der Waals surface area contributed by atoms with Gasteiger partial charge < -0.3 is 25.1 Å². The van der Waals surface area contributed by atoms with Crippen LogP contribution in [0.3, 0.4) is 0 Å². The van der Waals surface area contributed by atoms with Gasteiger partial charge in [-0.25, -0.2) is 4.57 Å². The molecular formula is C4H11O7P. The summed E-state index contributed by atoms with van der Waals surface area (Å²) in [4.78, 5) is 16.5. The van der Waals surface area contributed by atoms with Crippen molar-refractivity contribution in [2.75, 3.05) is 13.2 Å². The average molecular weight is 202 g/mol. The van der Waals surface area contributed by atoms with Gasteiger partial charge in [0, 0.05) is 0 Å². The minimum absolute atomic E-state index is 0.745. The molecule has 74 valence electrons. The molecule has 0 saturated carbocycles. The van der Waals surface area contributed by atoms with Crippen LogP contribution >= 0.6 is 7.82 Å². The first-order valence-electron chi connectivity index (χ1n) is 3.04. The second kappa shape index (κ2) is 4.88.